The second kappa shape index (κ2) is 3.92. The molecule has 0 saturated carbocycles. The molecule has 1 rings (SSSR count). The van der Waals surface area contributed by atoms with Gasteiger partial charge < -0.3 is 10.5 Å². The second-order valence-corrected chi connectivity index (χ2v) is 4.45. The number of Topliss-reactive ketones (excluding diaryl/α,β-unsaturated/α-hetero) is 1. The summed E-state index contributed by atoms with van der Waals surface area (Å²) in [6, 6.07) is 0. The predicted octanol–water partition coefficient (Wildman–Crippen LogP) is 0.649. The van der Waals surface area contributed by atoms with Crippen LogP contribution in [0.25, 0.3) is 0 Å². The maximum absolute atomic E-state index is 11.6. The molecule has 15 heavy (non-hydrogen) atoms. The molecule has 0 atom stereocenters. The summed E-state index contributed by atoms with van der Waals surface area (Å²) in [6.45, 7) is 5.63. The lowest BCUT2D eigenvalue weighted by Crippen LogP contribution is -2.35. The van der Waals surface area contributed by atoms with E-state index in [1.807, 2.05) is 0 Å². The highest BCUT2D eigenvalue weighted by molar-refractivity contribution is 6.01. The average Bonchev–Trinajstić information content (AvgIpc) is 2.43. The Morgan fingerprint density at radius 1 is 1.47 bits per heavy atom. The third kappa shape index (κ3) is 2.97. The molecule has 0 aromatic rings. The topological polar surface area (TPSA) is 72.6 Å². The van der Waals surface area contributed by atoms with Gasteiger partial charge in [0, 0.05) is 11.8 Å². The van der Waals surface area contributed by atoms with Crippen molar-refractivity contribution in [1.29, 1.82) is 0 Å². The second-order valence-electron chi connectivity index (χ2n) is 4.45. The quantitative estimate of drug-likeness (QED) is 0.598. The molecule has 5 heteroatoms. The third-order valence-electron chi connectivity index (χ3n) is 1.91. The number of nitrogens with two attached hydrogens (primary N) is 1. The minimum Gasteiger partial charge on any atom is -0.444 e. The molecule has 0 spiro atoms. The van der Waals surface area contributed by atoms with Crippen molar-refractivity contribution in [2.24, 2.45) is 5.73 Å². The molecule has 1 saturated heterocycles. The van der Waals surface area contributed by atoms with Crippen LogP contribution >= 0.6 is 0 Å². The Labute approximate surface area is 88.9 Å². The van der Waals surface area contributed by atoms with Gasteiger partial charge in [0.05, 0.1) is 13.1 Å². The average molecular weight is 212 g/mol. The lowest BCUT2D eigenvalue weighted by atomic mass is 10.2. The summed E-state index contributed by atoms with van der Waals surface area (Å²) in [5.74, 6) is -0.122. The van der Waals surface area contributed by atoms with E-state index >= 15 is 0 Å². The molecule has 0 bridgehead atoms. The van der Waals surface area contributed by atoms with Crippen LogP contribution in [0.15, 0.2) is 11.8 Å². The first-order valence-electron chi connectivity index (χ1n) is 4.75. The number of rotatable bonds is 0. The van der Waals surface area contributed by atoms with Gasteiger partial charge in [-0.15, -0.1) is 0 Å². The zero-order valence-electron chi connectivity index (χ0n) is 9.24. The lowest BCUT2D eigenvalue weighted by Gasteiger charge is -2.23. The SMILES string of the molecule is CC(C)(C)OC(=O)N1CC(=O)/C(=C\N)C1. The molecule has 84 valence electrons. The van der Waals surface area contributed by atoms with E-state index < -0.39 is 11.7 Å². The summed E-state index contributed by atoms with van der Waals surface area (Å²) in [4.78, 5) is 24.2. The van der Waals surface area contributed by atoms with Crippen LogP contribution in [0.1, 0.15) is 20.8 Å². The largest absolute Gasteiger partial charge is 0.444 e. The van der Waals surface area contributed by atoms with E-state index in [1.165, 1.54) is 11.1 Å². The van der Waals surface area contributed by atoms with E-state index in [0.717, 1.165) is 0 Å². The van der Waals surface area contributed by atoms with Crippen LogP contribution in [0.4, 0.5) is 4.79 Å². The van der Waals surface area contributed by atoms with Crippen molar-refractivity contribution in [3.63, 3.8) is 0 Å². The number of ether oxygens (including phenoxy) is 1. The molecule has 1 heterocycles. The van der Waals surface area contributed by atoms with Crippen molar-refractivity contribution >= 4 is 11.9 Å². The Bertz CT molecular complexity index is 315. The highest BCUT2D eigenvalue weighted by Crippen LogP contribution is 2.15. The number of carbonyl (C=O) groups excluding carboxylic acids is 2. The normalized spacial score (nSPS) is 19.8. The van der Waals surface area contributed by atoms with Crippen molar-refractivity contribution < 1.29 is 14.3 Å². The third-order valence-corrected chi connectivity index (χ3v) is 1.91. The molecular formula is C10H16N2O3. The maximum Gasteiger partial charge on any atom is 0.411 e. The predicted molar refractivity (Wildman–Crippen MR) is 55.1 cm³/mol. The maximum atomic E-state index is 11.6. The summed E-state index contributed by atoms with van der Waals surface area (Å²) in [5.41, 5.74) is 5.16. The van der Waals surface area contributed by atoms with Crippen LogP contribution in [0.5, 0.6) is 0 Å². The number of ketones is 1. The molecule has 0 aromatic carbocycles. The molecular weight excluding hydrogens is 196 g/mol. The Morgan fingerprint density at radius 3 is 2.47 bits per heavy atom. The van der Waals surface area contributed by atoms with Gasteiger partial charge >= 0.3 is 6.09 Å². The van der Waals surface area contributed by atoms with Crippen LogP contribution in [0, 0.1) is 0 Å². The summed E-state index contributed by atoms with van der Waals surface area (Å²) >= 11 is 0. The highest BCUT2D eigenvalue weighted by Gasteiger charge is 2.31. The first kappa shape index (κ1) is 11.6. The van der Waals surface area contributed by atoms with Gasteiger partial charge in [0.2, 0.25) is 0 Å². The smallest absolute Gasteiger partial charge is 0.411 e. The van der Waals surface area contributed by atoms with E-state index in [1.54, 1.807) is 20.8 Å². The zero-order valence-corrected chi connectivity index (χ0v) is 9.24. The van der Waals surface area contributed by atoms with Crippen LogP contribution in [0.2, 0.25) is 0 Å². The monoisotopic (exact) mass is 212 g/mol. The standard InChI is InChI=1S/C10H16N2O3/c1-10(2,3)15-9(14)12-5-7(4-11)8(13)6-12/h4H,5-6,11H2,1-3H3/b7-4-. The van der Waals surface area contributed by atoms with E-state index in [-0.39, 0.29) is 18.9 Å². The number of hydrogen-bond acceptors (Lipinski definition) is 4. The van der Waals surface area contributed by atoms with E-state index in [9.17, 15) is 9.59 Å². The van der Waals surface area contributed by atoms with Gasteiger partial charge in [0.1, 0.15) is 5.60 Å². The van der Waals surface area contributed by atoms with Gasteiger partial charge in [-0.3, -0.25) is 9.69 Å². The molecule has 1 aliphatic rings. The minimum atomic E-state index is -0.546. The van der Waals surface area contributed by atoms with Crippen molar-refractivity contribution in [3.05, 3.63) is 11.8 Å². The summed E-state index contributed by atoms with van der Waals surface area (Å²) in [6.07, 6.45) is 0.764. The van der Waals surface area contributed by atoms with E-state index in [4.69, 9.17) is 10.5 Å². The molecule has 0 aromatic heterocycles. The molecule has 0 aliphatic carbocycles. The fraction of sp³-hybridized carbons (Fsp3) is 0.600. The Kier molecular flexibility index (Phi) is 3.02. The summed E-state index contributed by atoms with van der Waals surface area (Å²) in [7, 11) is 0. The van der Waals surface area contributed by atoms with Crippen molar-refractivity contribution in [2.75, 3.05) is 13.1 Å². The molecule has 1 aliphatic heterocycles. The lowest BCUT2D eigenvalue weighted by molar-refractivity contribution is -0.114. The summed E-state index contributed by atoms with van der Waals surface area (Å²) in [5, 5.41) is 0. The van der Waals surface area contributed by atoms with Gasteiger partial charge in [-0.1, -0.05) is 0 Å². The number of nitrogens with zero attached hydrogens (tertiary/aromatic N) is 1. The molecule has 2 N–H and O–H groups in total. The van der Waals surface area contributed by atoms with Gasteiger partial charge in [0.15, 0.2) is 5.78 Å². The van der Waals surface area contributed by atoms with Crippen molar-refractivity contribution in [2.45, 2.75) is 26.4 Å². The fourth-order valence-corrected chi connectivity index (χ4v) is 1.23. The van der Waals surface area contributed by atoms with E-state index in [0.29, 0.717) is 5.57 Å². The minimum absolute atomic E-state index is 0.0535. The molecule has 0 radical (unpaired) electrons. The molecule has 1 fully saturated rings. The first-order chi connectivity index (χ1) is 6.83. The molecule has 5 nitrogen and oxygen atoms in total. The van der Waals surface area contributed by atoms with Gasteiger partial charge in [-0.05, 0) is 20.8 Å². The number of hydrogen-bond donors (Lipinski definition) is 1. The van der Waals surface area contributed by atoms with E-state index in [2.05, 4.69) is 0 Å². The Morgan fingerprint density at radius 2 is 2.07 bits per heavy atom. The highest BCUT2D eigenvalue weighted by atomic mass is 16.6. The van der Waals surface area contributed by atoms with Crippen LogP contribution in [-0.2, 0) is 9.53 Å². The Balaban J connectivity index is 2.62. The van der Waals surface area contributed by atoms with Gasteiger partial charge in [-0.25, -0.2) is 4.79 Å². The number of likely N-dealkylation sites (tertiary alicyclic amines) is 1. The van der Waals surface area contributed by atoms with Crippen LogP contribution in [-0.4, -0.2) is 35.5 Å². The van der Waals surface area contributed by atoms with Gasteiger partial charge in [-0.2, -0.15) is 0 Å². The van der Waals surface area contributed by atoms with Crippen LogP contribution < -0.4 is 5.73 Å². The first-order valence-corrected chi connectivity index (χ1v) is 4.75. The molecule has 0 unspecified atom stereocenters. The van der Waals surface area contributed by atoms with Crippen molar-refractivity contribution in [1.82, 2.24) is 4.90 Å². The molecule has 1 amide bonds. The Hall–Kier alpha value is -1.52. The number of carbonyl (C=O) groups is 2. The summed E-state index contributed by atoms with van der Waals surface area (Å²) < 4.78 is 5.13. The van der Waals surface area contributed by atoms with Gasteiger partial charge in [0.25, 0.3) is 0 Å². The fourth-order valence-electron chi connectivity index (χ4n) is 1.23. The zero-order chi connectivity index (χ0) is 11.6. The van der Waals surface area contributed by atoms with Crippen LogP contribution in [0.3, 0.4) is 0 Å². The number of amides is 1. The van der Waals surface area contributed by atoms with Crippen molar-refractivity contribution in [3.8, 4) is 0 Å².